The van der Waals surface area contributed by atoms with Crippen LogP contribution in [0.2, 0.25) is 10.0 Å². The van der Waals surface area contributed by atoms with Crippen LogP contribution in [0.5, 0.6) is 0 Å². The third-order valence-corrected chi connectivity index (χ3v) is 3.17. The van der Waals surface area contributed by atoms with Gasteiger partial charge in [-0.05, 0) is 38.1 Å². The number of hydrogen-bond acceptors (Lipinski definition) is 1. The van der Waals surface area contributed by atoms with Crippen molar-refractivity contribution in [3.63, 3.8) is 0 Å². The summed E-state index contributed by atoms with van der Waals surface area (Å²) in [6, 6.07) is 6.00. The molecule has 0 saturated heterocycles. The van der Waals surface area contributed by atoms with Crippen molar-refractivity contribution in [2.24, 2.45) is 0 Å². The van der Waals surface area contributed by atoms with E-state index < -0.39 is 0 Å². The molecule has 3 heteroatoms. The molecule has 1 atom stereocenters. The van der Waals surface area contributed by atoms with E-state index in [2.05, 4.69) is 17.2 Å². The van der Waals surface area contributed by atoms with Gasteiger partial charge in [-0.1, -0.05) is 29.3 Å². The van der Waals surface area contributed by atoms with Gasteiger partial charge in [-0.15, -0.1) is 11.8 Å². The third-order valence-electron chi connectivity index (χ3n) is 2.43. The van der Waals surface area contributed by atoms with E-state index in [-0.39, 0.29) is 6.04 Å². The first-order valence-corrected chi connectivity index (χ1v) is 5.96. The van der Waals surface area contributed by atoms with Crippen LogP contribution in [0, 0.1) is 11.8 Å². The average Bonchev–Trinajstić information content (AvgIpc) is 2.29. The fourth-order valence-corrected chi connectivity index (χ4v) is 1.85. The quantitative estimate of drug-likeness (QED) is 0.801. The molecule has 16 heavy (non-hydrogen) atoms. The minimum atomic E-state index is 0.274. The van der Waals surface area contributed by atoms with Crippen molar-refractivity contribution >= 4 is 23.2 Å². The van der Waals surface area contributed by atoms with E-state index in [1.807, 2.05) is 32.2 Å². The molecule has 1 rings (SSSR count). The highest BCUT2D eigenvalue weighted by atomic mass is 35.5. The number of hydrogen-bond donors (Lipinski definition) is 1. The van der Waals surface area contributed by atoms with Crippen LogP contribution in [0.1, 0.15) is 31.4 Å². The highest BCUT2D eigenvalue weighted by Gasteiger charge is 2.09. The van der Waals surface area contributed by atoms with Crippen LogP contribution in [0.4, 0.5) is 0 Å². The highest BCUT2D eigenvalue weighted by molar-refractivity contribution is 6.42. The topological polar surface area (TPSA) is 12.0 Å². The second-order valence-corrected chi connectivity index (χ2v) is 4.29. The summed E-state index contributed by atoms with van der Waals surface area (Å²) >= 11 is 11.9. The van der Waals surface area contributed by atoms with Crippen molar-refractivity contribution in [3.05, 3.63) is 33.8 Å². The molecule has 1 aromatic carbocycles. The maximum atomic E-state index is 5.99. The highest BCUT2D eigenvalue weighted by Crippen LogP contribution is 2.27. The molecule has 0 spiro atoms. The zero-order valence-electron chi connectivity index (χ0n) is 9.48. The van der Waals surface area contributed by atoms with Gasteiger partial charge in [-0.2, -0.15) is 0 Å². The van der Waals surface area contributed by atoms with Crippen molar-refractivity contribution in [1.82, 2.24) is 5.32 Å². The predicted molar refractivity (Wildman–Crippen MR) is 70.9 cm³/mol. The summed E-state index contributed by atoms with van der Waals surface area (Å²) in [5.74, 6) is 5.95. The molecular weight excluding hydrogens is 241 g/mol. The van der Waals surface area contributed by atoms with E-state index >= 15 is 0 Å². The Bertz CT molecular complexity index is 404. The van der Waals surface area contributed by atoms with Crippen LogP contribution >= 0.6 is 23.2 Å². The molecule has 1 unspecified atom stereocenters. The van der Waals surface area contributed by atoms with Crippen molar-refractivity contribution in [3.8, 4) is 11.8 Å². The summed E-state index contributed by atoms with van der Waals surface area (Å²) < 4.78 is 0. The predicted octanol–water partition coefficient (Wildman–Crippen LogP) is 4.06. The normalized spacial score (nSPS) is 11.8. The Labute approximate surface area is 107 Å². The van der Waals surface area contributed by atoms with Gasteiger partial charge < -0.3 is 5.32 Å². The SMILES string of the molecule is CC#CCCC(NC)c1ccc(Cl)c(Cl)c1. The van der Waals surface area contributed by atoms with Gasteiger partial charge in [0.25, 0.3) is 0 Å². The number of benzene rings is 1. The summed E-state index contributed by atoms with van der Waals surface area (Å²) in [7, 11) is 1.94. The summed E-state index contributed by atoms with van der Waals surface area (Å²) in [5, 5.41) is 4.44. The number of rotatable bonds is 4. The second-order valence-electron chi connectivity index (χ2n) is 3.48. The van der Waals surface area contributed by atoms with Crippen LogP contribution in [0.25, 0.3) is 0 Å². The fraction of sp³-hybridized carbons (Fsp3) is 0.385. The van der Waals surface area contributed by atoms with Gasteiger partial charge in [-0.25, -0.2) is 0 Å². The fourth-order valence-electron chi connectivity index (χ4n) is 1.55. The molecule has 1 N–H and O–H groups in total. The lowest BCUT2D eigenvalue weighted by Gasteiger charge is -2.15. The largest absolute Gasteiger partial charge is 0.313 e. The van der Waals surface area contributed by atoms with E-state index in [0.29, 0.717) is 10.0 Å². The van der Waals surface area contributed by atoms with E-state index in [1.54, 1.807) is 0 Å². The summed E-state index contributed by atoms with van der Waals surface area (Å²) in [5.41, 5.74) is 1.15. The Balaban J connectivity index is 2.77. The monoisotopic (exact) mass is 255 g/mol. The van der Waals surface area contributed by atoms with Crippen LogP contribution in [0.15, 0.2) is 18.2 Å². The molecule has 0 bridgehead atoms. The van der Waals surface area contributed by atoms with Crippen molar-refractivity contribution in [2.75, 3.05) is 7.05 Å². The van der Waals surface area contributed by atoms with E-state index in [4.69, 9.17) is 23.2 Å². The molecular formula is C13H15Cl2N. The molecule has 1 nitrogen and oxygen atoms in total. The summed E-state index contributed by atoms with van der Waals surface area (Å²) in [4.78, 5) is 0. The third kappa shape index (κ3) is 3.72. The first-order chi connectivity index (χ1) is 7.69. The molecule has 0 heterocycles. The van der Waals surface area contributed by atoms with Crippen LogP contribution in [0.3, 0.4) is 0 Å². The molecule has 0 saturated carbocycles. The average molecular weight is 256 g/mol. The zero-order chi connectivity index (χ0) is 12.0. The Morgan fingerprint density at radius 3 is 2.62 bits per heavy atom. The minimum absolute atomic E-state index is 0.274. The zero-order valence-corrected chi connectivity index (χ0v) is 11.0. The van der Waals surface area contributed by atoms with Gasteiger partial charge in [0.1, 0.15) is 0 Å². The maximum absolute atomic E-state index is 5.99. The number of halogens is 2. The first-order valence-electron chi connectivity index (χ1n) is 5.21. The molecule has 0 aromatic heterocycles. The van der Waals surface area contributed by atoms with Crippen LogP contribution in [-0.4, -0.2) is 7.05 Å². The van der Waals surface area contributed by atoms with E-state index in [9.17, 15) is 0 Å². The van der Waals surface area contributed by atoms with Crippen LogP contribution < -0.4 is 5.32 Å². The molecule has 0 aliphatic heterocycles. The lowest BCUT2D eigenvalue weighted by molar-refractivity contribution is 0.558. The molecule has 0 aliphatic carbocycles. The van der Waals surface area contributed by atoms with Gasteiger partial charge in [0.2, 0.25) is 0 Å². The Morgan fingerprint density at radius 2 is 2.06 bits per heavy atom. The van der Waals surface area contributed by atoms with Crippen molar-refractivity contribution < 1.29 is 0 Å². The Morgan fingerprint density at radius 1 is 1.31 bits per heavy atom. The second kappa shape index (κ2) is 6.81. The summed E-state index contributed by atoms with van der Waals surface area (Å²) in [6.07, 6.45) is 1.84. The Kier molecular flexibility index (Phi) is 5.69. The van der Waals surface area contributed by atoms with E-state index in [0.717, 1.165) is 18.4 Å². The van der Waals surface area contributed by atoms with Crippen LogP contribution in [-0.2, 0) is 0 Å². The maximum Gasteiger partial charge on any atom is 0.0595 e. The standard InChI is InChI=1S/C13H15Cl2N/c1-3-4-5-6-13(16-2)10-7-8-11(14)12(15)9-10/h7-9,13,16H,5-6H2,1-2H3. The van der Waals surface area contributed by atoms with Crippen molar-refractivity contribution in [1.29, 1.82) is 0 Å². The van der Waals surface area contributed by atoms with Crippen molar-refractivity contribution in [2.45, 2.75) is 25.8 Å². The molecule has 1 aromatic rings. The molecule has 0 aliphatic rings. The van der Waals surface area contributed by atoms with Gasteiger partial charge >= 0.3 is 0 Å². The first kappa shape index (κ1) is 13.4. The Hall–Kier alpha value is -0.680. The lowest BCUT2D eigenvalue weighted by atomic mass is 10.0. The van der Waals surface area contributed by atoms with Gasteiger partial charge in [-0.3, -0.25) is 0 Å². The van der Waals surface area contributed by atoms with Gasteiger partial charge in [0.15, 0.2) is 0 Å². The molecule has 0 amide bonds. The number of nitrogens with one attached hydrogen (secondary N) is 1. The molecule has 86 valence electrons. The minimum Gasteiger partial charge on any atom is -0.313 e. The van der Waals surface area contributed by atoms with Gasteiger partial charge in [0.05, 0.1) is 10.0 Å². The van der Waals surface area contributed by atoms with E-state index in [1.165, 1.54) is 0 Å². The summed E-state index contributed by atoms with van der Waals surface area (Å²) in [6.45, 7) is 1.85. The molecule has 0 fully saturated rings. The lowest BCUT2D eigenvalue weighted by Crippen LogP contribution is -2.16. The molecule has 0 radical (unpaired) electrons. The van der Waals surface area contributed by atoms with Gasteiger partial charge in [0, 0.05) is 12.5 Å². The smallest absolute Gasteiger partial charge is 0.0595 e.